The van der Waals surface area contributed by atoms with E-state index in [0.29, 0.717) is 13.2 Å². The first-order valence-electron chi connectivity index (χ1n) is 7.56. The molecular formula is C16H17Cl2NO3S2. The highest BCUT2D eigenvalue weighted by molar-refractivity contribution is 7.89. The molecule has 1 atom stereocenters. The van der Waals surface area contributed by atoms with Gasteiger partial charge in [-0.3, -0.25) is 0 Å². The van der Waals surface area contributed by atoms with Crippen molar-refractivity contribution in [3.05, 3.63) is 50.6 Å². The average Bonchev–Trinajstić information content (AvgIpc) is 3.19. The maximum absolute atomic E-state index is 13.2. The Labute approximate surface area is 156 Å². The van der Waals surface area contributed by atoms with Crippen LogP contribution in [0.15, 0.2) is 40.6 Å². The number of sulfonamides is 1. The lowest BCUT2D eigenvalue weighted by Gasteiger charge is -2.25. The molecule has 24 heavy (non-hydrogen) atoms. The summed E-state index contributed by atoms with van der Waals surface area (Å²) in [6, 6.07) is 8.52. The molecule has 1 saturated heterocycles. The Morgan fingerprint density at radius 3 is 2.54 bits per heavy atom. The standard InChI is InChI=1S/C16H17Cl2NO3S2/c17-14-6-1-7-15(18)16(14)24(20,21)19(10-12-4-2-8-22-12)11-13-5-3-9-23-13/h1,3,5-7,9,12H,2,4,8,10-11H2. The summed E-state index contributed by atoms with van der Waals surface area (Å²) < 4.78 is 33.4. The van der Waals surface area contributed by atoms with E-state index in [2.05, 4.69) is 0 Å². The molecule has 0 spiro atoms. The monoisotopic (exact) mass is 405 g/mol. The van der Waals surface area contributed by atoms with Crippen molar-refractivity contribution in [3.63, 3.8) is 0 Å². The number of hydrogen-bond acceptors (Lipinski definition) is 4. The van der Waals surface area contributed by atoms with Crippen LogP contribution in [0.25, 0.3) is 0 Å². The fraction of sp³-hybridized carbons (Fsp3) is 0.375. The Morgan fingerprint density at radius 1 is 1.21 bits per heavy atom. The van der Waals surface area contributed by atoms with Gasteiger partial charge in [-0.1, -0.05) is 35.3 Å². The van der Waals surface area contributed by atoms with Crippen LogP contribution in [-0.2, 0) is 21.3 Å². The number of nitrogens with zero attached hydrogens (tertiary/aromatic N) is 1. The maximum Gasteiger partial charge on any atom is 0.246 e. The number of hydrogen-bond donors (Lipinski definition) is 0. The van der Waals surface area contributed by atoms with Crippen LogP contribution in [0.4, 0.5) is 0 Å². The van der Waals surface area contributed by atoms with Gasteiger partial charge in [-0.05, 0) is 36.4 Å². The third kappa shape index (κ3) is 3.95. The third-order valence-electron chi connectivity index (χ3n) is 3.86. The van der Waals surface area contributed by atoms with Crippen LogP contribution in [0.2, 0.25) is 10.0 Å². The zero-order chi connectivity index (χ0) is 17.2. The van der Waals surface area contributed by atoms with Gasteiger partial charge in [0.2, 0.25) is 10.0 Å². The highest BCUT2D eigenvalue weighted by atomic mass is 35.5. The quantitative estimate of drug-likeness (QED) is 0.713. The number of halogens is 2. The SMILES string of the molecule is O=S(=O)(c1c(Cl)cccc1Cl)N(Cc1cccs1)CC1CCCO1. The summed E-state index contributed by atoms with van der Waals surface area (Å²) in [4.78, 5) is 0.919. The van der Waals surface area contributed by atoms with Gasteiger partial charge in [0, 0.05) is 24.6 Å². The van der Waals surface area contributed by atoms with Crippen molar-refractivity contribution in [1.29, 1.82) is 0 Å². The molecule has 130 valence electrons. The molecule has 1 aromatic carbocycles. The fourth-order valence-electron chi connectivity index (χ4n) is 2.70. The lowest BCUT2D eigenvalue weighted by Crippen LogP contribution is -2.37. The summed E-state index contributed by atoms with van der Waals surface area (Å²) in [6.07, 6.45) is 1.71. The molecule has 0 N–H and O–H groups in total. The molecule has 1 aromatic heterocycles. The first kappa shape index (κ1) is 18.2. The summed E-state index contributed by atoms with van der Waals surface area (Å²) >= 11 is 13.8. The van der Waals surface area contributed by atoms with E-state index in [9.17, 15) is 8.42 Å². The summed E-state index contributed by atoms with van der Waals surface area (Å²) in [5.41, 5.74) is 0. The normalized spacial score (nSPS) is 18.4. The van der Waals surface area contributed by atoms with Crippen molar-refractivity contribution >= 4 is 44.6 Å². The molecule has 0 saturated carbocycles. The molecule has 0 aliphatic carbocycles. The molecule has 0 radical (unpaired) electrons. The highest BCUT2D eigenvalue weighted by Gasteiger charge is 2.32. The van der Waals surface area contributed by atoms with E-state index in [1.165, 1.54) is 27.8 Å². The molecular weight excluding hydrogens is 389 g/mol. The van der Waals surface area contributed by atoms with Crippen LogP contribution in [0.5, 0.6) is 0 Å². The number of thiophene rings is 1. The van der Waals surface area contributed by atoms with Crippen LogP contribution < -0.4 is 0 Å². The van der Waals surface area contributed by atoms with Gasteiger partial charge >= 0.3 is 0 Å². The molecule has 2 heterocycles. The average molecular weight is 406 g/mol. The largest absolute Gasteiger partial charge is 0.377 e. The first-order valence-corrected chi connectivity index (χ1v) is 10.6. The van der Waals surface area contributed by atoms with Gasteiger partial charge in [0.15, 0.2) is 0 Å². The van der Waals surface area contributed by atoms with Crippen LogP contribution in [0, 0.1) is 0 Å². The Balaban J connectivity index is 1.96. The molecule has 1 fully saturated rings. The second-order valence-electron chi connectivity index (χ2n) is 5.56. The number of ether oxygens (including phenoxy) is 1. The minimum absolute atomic E-state index is 0.0390. The predicted octanol–water partition coefficient (Wildman–Crippen LogP) is 4.42. The van der Waals surface area contributed by atoms with Crippen molar-refractivity contribution in [1.82, 2.24) is 4.31 Å². The molecule has 1 aliphatic rings. The molecule has 1 unspecified atom stereocenters. The maximum atomic E-state index is 13.2. The van der Waals surface area contributed by atoms with Crippen molar-refractivity contribution in [2.75, 3.05) is 13.2 Å². The second-order valence-corrected chi connectivity index (χ2v) is 9.28. The molecule has 8 heteroatoms. The molecule has 1 aliphatic heterocycles. The van der Waals surface area contributed by atoms with Gasteiger partial charge in [-0.25, -0.2) is 8.42 Å². The van der Waals surface area contributed by atoms with Crippen LogP contribution >= 0.6 is 34.5 Å². The van der Waals surface area contributed by atoms with E-state index in [1.807, 2.05) is 17.5 Å². The van der Waals surface area contributed by atoms with Crippen molar-refractivity contribution < 1.29 is 13.2 Å². The summed E-state index contributed by atoms with van der Waals surface area (Å²) in [5, 5.41) is 2.19. The minimum Gasteiger partial charge on any atom is -0.377 e. The Hall–Kier alpha value is -0.630. The number of benzene rings is 1. The molecule has 3 rings (SSSR count). The van der Waals surface area contributed by atoms with Crippen LogP contribution in [0.1, 0.15) is 17.7 Å². The van der Waals surface area contributed by atoms with Gasteiger partial charge in [0.25, 0.3) is 0 Å². The molecule has 0 amide bonds. The summed E-state index contributed by atoms with van der Waals surface area (Å²) in [5.74, 6) is 0. The number of rotatable bonds is 6. The molecule has 0 bridgehead atoms. The smallest absolute Gasteiger partial charge is 0.246 e. The van der Waals surface area contributed by atoms with E-state index in [1.54, 1.807) is 6.07 Å². The van der Waals surface area contributed by atoms with E-state index in [4.69, 9.17) is 27.9 Å². The third-order valence-corrected chi connectivity index (χ3v) is 7.49. The van der Waals surface area contributed by atoms with Crippen molar-refractivity contribution in [2.45, 2.75) is 30.4 Å². The van der Waals surface area contributed by atoms with Crippen molar-refractivity contribution in [2.24, 2.45) is 0 Å². The fourth-order valence-corrected chi connectivity index (χ4v) is 6.04. The van der Waals surface area contributed by atoms with E-state index in [-0.39, 0.29) is 27.6 Å². The minimum atomic E-state index is -3.83. The van der Waals surface area contributed by atoms with Gasteiger partial charge in [-0.2, -0.15) is 4.31 Å². The summed E-state index contributed by atoms with van der Waals surface area (Å²) in [7, 11) is -3.83. The van der Waals surface area contributed by atoms with Gasteiger partial charge < -0.3 is 4.74 Å². The lowest BCUT2D eigenvalue weighted by molar-refractivity contribution is 0.0927. The van der Waals surface area contributed by atoms with E-state index in [0.717, 1.165) is 17.7 Å². The zero-order valence-electron chi connectivity index (χ0n) is 12.8. The molecule has 4 nitrogen and oxygen atoms in total. The van der Waals surface area contributed by atoms with Gasteiger partial charge in [0.1, 0.15) is 4.90 Å². The molecule has 2 aromatic rings. The van der Waals surface area contributed by atoms with Crippen molar-refractivity contribution in [3.8, 4) is 0 Å². The first-order chi connectivity index (χ1) is 11.5. The van der Waals surface area contributed by atoms with Gasteiger partial charge in [-0.15, -0.1) is 11.3 Å². The summed E-state index contributed by atoms with van der Waals surface area (Å²) in [6.45, 7) is 1.24. The van der Waals surface area contributed by atoms with E-state index >= 15 is 0 Å². The lowest BCUT2D eigenvalue weighted by atomic mass is 10.2. The Kier molecular flexibility index (Phi) is 5.85. The van der Waals surface area contributed by atoms with Crippen LogP contribution in [0.3, 0.4) is 0 Å². The van der Waals surface area contributed by atoms with Crippen LogP contribution in [-0.4, -0.2) is 32.0 Å². The van der Waals surface area contributed by atoms with Gasteiger partial charge in [0.05, 0.1) is 16.1 Å². The zero-order valence-corrected chi connectivity index (χ0v) is 16.0. The Bertz CT molecular complexity index is 767. The predicted molar refractivity (Wildman–Crippen MR) is 97.4 cm³/mol. The topological polar surface area (TPSA) is 46.6 Å². The highest BCUT2D eigenvalue weighted by Crippen LogP contribution is 2.33. The Morgan fingerprint density at radius 2 is 1.96 bits per heavy atom. The second kappa shape index (κ2) is 7.72. The van der Waals surface area contributed by atoms with E-state index < -0.39 is 10.0 Å².